The molecule has 4 nitrogen and oxygen atoms in total. The Morgan fingerprint density at radius 1 is 1.53 bits per heavy atom. The van der Waals surface area contributed by atoms with Crippen LogP contribution in [0.3, 0.4) is 0 Å². The van der Waals surface area contributed by atoms with Crippen LogP contribution in [0.5, 0.6) is 11.5 Å². The van der Waals surface area contributed by atoms with Crippen LogP contribution in [-0.2, 0) is 0 Å². The third kappa shape index (κ3) is 2.39. The molecule has 1 aromatic heterocycles. The molecule has 0 amide bonds. The minimum atomic E-state index is -0.160. The van der Waals surface area contributed by atoms with Crippen molar-refractivity contribution in [2.45, 2.75) is 0 Å². The number of nitrogens with one attached hydrogen (secondary N) is 1. The Bertz CT molecular complexity index is 699. The number of hydrogen-bond donors (Lipinski definition) is 2. The molecule has 0 saturated carbocycles. The van der Waals surface area contributed by atoms with Crippen molar-refractivity contribution in [3.05, 3.63) is 43.3 Å². The van der Waals surface area contributed by atoms with Crippen LogP contribution >= 0.6 is 11.3 Å². The van der Waals surface area contributed by atoms with E-state index in [1.54, 1.807) is 18.2 Å². The standard InChI is InChI=1S/C12H11NO3S/c1-7-13-12(15)11(17-7)6-8-3-4-9(14)10(5-8)16-2/h3-6,14H,1H2,2H3,(H,13,15)/b11-6+. The SMILES string of the molecule is C=c1[nH]c(=O)/c(=C\c2ccc(O)c(OC)c2)s1. The van der Waals surface area contributed by atoms with Gasteiger partial charge in [0.2, 0.25) is 0 Å². The van der Waals surface area contributed by atoms with E-state index in [1.807, 2.05) is 0 Å². The normalized spacial score (nSPS) is 11.7. The van der Waals surface area contributed by atoms with Crippen molar-refractivity contribution in [1.29, 1.82) is 0 Å². The molecule has 0 fully saturated rings. The zero-order chi connectivity index (χ0) is 12.4. The first-order valence-corrected chi connectivity index (χ1v) is 5.68. The predicted molar refractivity (Wildman–Crippen MR) is 67.9 cm³/mol. The van der Waals surface area contributed by atoms with Crippen molar-refractivity contribution in [2.24, 2.45) is 0 Å². The zero-order valence-electron chi connectivity index (χ0n) is 9.19. The predicted octanol–water partition coefficient (Wildman–Crippen LogP) is 0.390. The first-order valence-electron chi connectivity index (χ1n) is 4.87. The van der Waals surface area contributed by atoms with E-state index in [4.69, 9.17) is 4.74 Å². The molecule has 5 heteroatoms. The molecule has 2 N–H and O–H groups in total. The number of phenolic OH excluding ortho intramolecular Hbond substituents is 1. The Balaban J connectivity index is 2.56. The summed E-state index contributed by atoms with van der Waals surface area (Å²) in [6.45, 7) is 3.67. The van der Waals surface area contributed by atoms with Crippen LogP contribution in [0.2, 0.25) is 0 Å². The summed E-state index contributed by atoms with van der Waals surface area (Å²) >= 11 is 1.29. The van der Waals surface area contributed by atoms with Crippen molar-refractivity contribution < 1.29 is 9.84 Å². The second-order valence-corrected chi connectivity index (χ2v) is 4.56. The molecule has 1 heterocycles. The van der Waals surface area contributed by atoms with Gasteiger partial charge in [0, 0.05) is 0 Å². The average Bonchev–Trinajstić information content (AvgIpc) is 2.60. The number of methoxy groups -OCH3 is 1. The Morgan fingerprint density at radius 3 is 2.88 bits per heavy atom. The van der Waals surface area contributed by atoms with Gasteiger partial charge in [-0.1, -0.05) is 12.6 Å². The van der Waals surface area contributed by atoms with Crippen LogP contribution in [0, 0.1) is 0 Å². The molecule has 0 spiro atoms. The van der Waals surface area contributed by atoms with Crippen LogP contribution in [0.25, 0.3) is 12.7 Å². The van der Waals surface area contributed by atoms with E-state index in [9.17, 15) is 9.90 Å². The summed E-state index contributed by atoms with van der Waals surface area (Å²) in [5.74, 6) is 0.448. The van der Waals surface area contributed by atoms with Crippen LogP contribution in [0.1, 0.15) is 5.56 Å². The number of aromatic nitrogens is 1. The molecule has 0 bridgehead atoms. The molecular weight excluding hydrogens is 238 g/mol. The van der Waals surface area contributed by atoms with E-state index in [0.717, 1.165) is 5.56 Å². The summed E-state index contributed by atoms with van der Waals surface area (Å²) in [6.07, 6.45) is 1.72. The highest BCUT2D eigenvalue weighted by Gasteiger charge is 2.01. The van der Waals surface area contributed by atoms with Gasteiger partial charge in [-0.05, 0) is 23.8 Å². The van der Waals surface area contributed by atoms with Gasteiger partial charge in [-0.25, -0.2) is 0 Å². The molecule has 2 aromatic rings. The third-order valence-corrected chi connectivity index (χ3v) is 3.08. The lowest BCUT2D eigenvalue weighted by Gasteiger charge is -2.03. The van der Waals surface area contributed by atoms with Gasteiger partial charge in [-0.3, -0.25) is 4.79 Å². The van der Waals surface area contributed by atoms with Gasteiger partial charge in [0.05, 0.1) is 16.3 Å². The molecule has 0 radical (unpaired) electrons. The molecule has 0 aliphatic rings. The molecular formula is C12H11NO3S. The summed E-state index contributed by atoms with van der Waals surface area (Å²) in [5, 5.41) is 9.45. The summed E-state index contributed by atoms with van der Waals surface area (Å²) in [5.41, 5.74) is 0.624. The number of H-pyrrole nitrogens is 1. The molecule has 0 atom stereocenters. The minimum absolute atomic E-state index is 0.0718. The second kappa shape index (κ2) is 4.47. The van der Waals surface area contributed by atoms with E-state index >= 15 is 0 Å². The highest BCUT2D eigenvalue weighted by atomic mass is 32.1. The van der Waals surface area contributed by atoms with E-state index in [2.05, 4.69) is 11.6 Å². The smallest absolute Gasteiger partial charge is 0.266 e. The number of aromatic amines is 1. The lowest BCUT2D eigenvalue weighted by Crippen LogP contribution is -2.19. The number of phenols is 1. The average molecular weight is 249 g/mol. The molecule has 0 aliphatic heterocycles. The van der Waals surface area contributed by atoms with Gasteiger partial charge in [-0.2, -0.15) is 0 Å². The van der Waals surface area contributed by atoms with Gasteiger partial charge in [-0.15, -0.1) is 11.3 Å². The van der Waals surface area contributed by atoms with E-state index < -0.39 is 0 Å². The van der Waals surface area contributed by atoms with Gasteiger partial charge < -0.3 is 14.8 Å². The van der Waals surface area contributed by atoms with E-state index in [0.29, 0.717) is 14.9 Å². The van der Waals surface area contributed by atoms with Gasteiger partial charge in [0.15, 0.2) is 11.5 Å². The summed E-state index contributed by atoms with van der Waals surface area (Å²) < 4.78 is 6.18. The quantitative estimate of drug-likeness (QED) is 0.809. The van der Waals surface area contributed by atoms with Crippen molar-refractivity contribution >= 4 is 24.0 Å². The first kappa shape index (κ1) is 11.5. The van der Waals surface area contributed by atoms with Crippen LogP contribution < -0.4 is 19.5 Å². The Hall–Kier alpha value is -2.01. The molecule has 0 aliphatic carbocycles. The van der Waals surface area contributed by atoms with Crippen molar-refractivity contribution in [1.82, 2.24) is 4.98 Å². The van der Waals surface area contributed by atoms with Crippen LogP contribution in [0.4, 0.5) is 0 Å². The Morgan fingerprint density at radius 2 is 2.29 bits per heavy atom. The fourth-order valence-electron chi connectivity index (χ4n) is 1.42. The minimum Gasteiger partial charge on any atom is -0.504 e. The van der Waals surface area contributed by atoms with E-state index in [1.165, 1.54) is 24.5 Å². The topological polar surface area (TPSA) is 62.3 Å². The Labute approximate surface area is 101 Å². The maximum atomic E-state index is 11.5. The first-order chi connectivity index (χ1) is 8.10. The van der Waals surface area contributed by atoms with Crippen molar-refractivity contribution in [2.75, 3.05) is 7.11 Å². The summed E-state index contributed by atoms with van der Waals surface area (Å²) in [4.78, 5) is 14.1. The number of aromatic hydroxyl groups is 1. The molecule has 1 aromatic carbocycles. The van der Waals surface area contributed by atoms with Gasteiger partial charge >= 0.3 is 0 Å². The maximum absolute atomic E-state index is 11.5. The van der Waals surface area contributed by atoms with Crippen LogP contribution in [-0.4, -0.2) is 17.2 Å². The van der Waals surface area contributed by atoms with Crippen molar-refractivity contribution in [3.8, 4) is 11.5 Å². The molecule has 0 unspecified atom stereocenters. The van der Waals surface area contributed by atoms with Crippen LogP contribution in [0.15, 0.2) is 23.0 Å². The fourth-order valence-corrected chi connectivity index (χ4v) is 2.17. The summed E-state index contributed by atoms with van der Waals surface area (Å²) in [6, 6.07) is 4.90. The number of benzene rings is 1. The second-order valence-electron chi connectivity index (χ2n) is 3.42. The highest BCUT2D eigenvalue weighted by molar-refractivity contribution is 7.07. The monoisotopic (exact) mass is 249 g/mol. The Kier molecular flexibility index (Phi) is 3.01. The van der Waals surface area contributed by atoms with Crippen molar-refractivity contribution in [3.63, 3.8) is 0 Å². The van der Waals surface area contributed by atoms with E-state index in [-0.39, 0.29) is 11.3 Å². The molecule has 88 valence electrons. The lowest BCUT2D eigenvalue weighted by atomic mass is 10.2. The maximum Gasteiger partial charge on any atom is 0.266 e. The number of hydrogen-bond acceptors (Lipinski definition) is 4. The molecule has 2 rings (SSSR count). The molecule has 17 heavy (non-hydrogen) atoms. The fraction of sp³-hybridized carbons (Fsp3) is 0.0833. The lowest BCUT2D eigenvalue weighted by molar-refractivity contribution is 0.373. The number of thiazole rings is 1. The van der Waals surface area contributed by atoms with Gasteiger partial charge in [0.1, 0.15) is 0 Å². The summed E-state index contributed by atoms with van der Waals surface area (Å²) in [7, 11) is 1.48. The van der Waals surface area contributed by atoms with Gasteiger partial charge in [0.25, 0.3) is 5.56 Å². The highest BCUT2D eigenvalue weighted by Crippen LogP contribution is 2.26. The zero-order valence-corrected chi connectivity index (χ0v) is 10.0. The third-order valence-electron chi connectivity index (χ3n) is 2.21. The number of rotatable bonds is 2. The molecule has 0 saturated heterocycles. The largest absolute Gasteiger partial charge is 0.504 e. The number of ether oxygens (including phenoxy) is 1.